The molecule has 0 unspecified atom stereocenters. The zero-order chi connectivity index (χ0) is 15.1. The zero-order valence-electron chi connectivity index (χ0n) is 11.4. The molecular weight excluding hydrogens is 290 g/mol. The van der Waals surface area contributed by atoms with E-state index in [1.807, 2.05) is 0 Å². The molecule has 0 aliphatic heterocycles. The minimum Gasteiger partial charge on any atom is -0.492 e. The van der Waals surface area contributed by atoms with Gasteiger partial charge in [-0.3, -0.25) is 4.98 Å². The first kappa shape index (κ1) is 15.3. The van der Waals surface area contributed by atoms with Gasteiger partial charge in [0.15, 0.2) is 0 Å². The Hall–Kier alpha value is -2.12. The van der Waals surface area contributed by atoms with Crippen LogP contribution in [-0.2, 0) is 16.6 Å². The van der Waals surface area contributed by atoms with Crippen molar-refractivity contribution in [3.8, 4) is 5.75 Å². The summed E-state index contributed by atoms with van der Waals surface area (Å²) < 4.78 is 31.5. The summed E-state index contributed by atoms with van der Waals surface area (Å²) in [5.74, 6) is 0.483. The van der Waals surface area contributed by atoms with E-state index in [-0.39, 0.29) is 18.9 Å². The van der Waals surface area contributed by atoms with Gasteiger partial charge in [0.25, 0.3) is 0 Å². The van der Waals surface area contributed by atoms with Gasteiger partial charge in [0, 0.05) is 24.6 Å². The Balaban J connectivity index is 1.77. The molecule has 2 aromatic rings. The number of nitrogens with one attached hydrogen (secondary N) is 1. The molecule has 1 aromatic carbocycles. The van der Waals surface area contributed by atoms with Crippen molar-refractivity contribution in [2.24, 2.45) is 0 Å². The van der Waals surface area contributed by atoms with E-state index in [9.17, 15) is 8.42 Å². The van der Waals surface area contributed by atoms with Gasteiger partial charge in [-0.1, -0.05) is 0 Å². The Morgan fingerprint density at radius 2 is 1.76 bits per heavy atom. The Bertz CT molecular complexity index is 658. The van der Waals surface area contributed by atoms with Gasteiger partial charge < -0.3 is 10.5 Å². The molecule has 0 radical (unpaired) electrons. The minimum atomic E-state index is -3.38. The van der Waals surface area contributed by atoms with Crippen molar-refractivity contribution in [2.75, 3.05) is 18.1 Å². The lowest BCUT2D eigenvalue weighted by Gasteiger charge is -2.08. The maximum atomic E-state index is 11.8. The van der Waals surface area contributed by atoms with E-state index >= 15 is 0 Å². The lowest BCUT2D eigenvalue weighted by molar-refractivity contribution is 0.340. The summed E-state index contributed by atoms with van der Waals surface area (Å²) in [6.07, 6.45) is 3.24. The first-order valence-corrected chi connectivity index (χ1v) is 8.05. The Morgan fingerprint density at radius 3 is 2.43 bits per heavy atom. The summed E-state index contributed by atoms with van der Waals surface area (Å²) >= 11 is 0. The van der Waals surface area contributed by atoms with Gasteiger partial charge >= 0.3 is 0 Å². The van der Waals surface area contributed by atoms with Crippen molar-refractivity contribution in [3.05, 3.63) is 54.4 Å². The predicted octanol–water partition coefficient (Wildman–Crippen LogP) is 1.16. The molecule has 6 nitrogen and oxygen atoms in total. The van der Waals surface area contributed by atoms with Crippen LogP contribution in [0.15, 0.2) is 48.8 Å². The summed E-state index contributed by atoms with van der Waals surface area (Å²) in [6.45, 7) is 0.322. The second-order valence-electron chi connectivity index (χ2n) is 4.41. The summed E-state index contributed by atoms with van der Waals surface area (Å²) in [6, 6.07) is 10.3. The standard InChI is InChI=1S/C14H17N3O3S/c15-13-1-3-14(4-2-13)20-9-10-21(18,19)17-11-12-5-7-16-8-6-12/h1-8,17H,9-11,15H2. The SMILES string of the molecule is Nc1ccc(OCCS(=O)(=O)NCc2ccncc2)cc1. The fourth-order valence-corrected chi connectivity index (χ4v) is 2.43. The van der Waals surface area contributed by atoms with E-state index in [0.29, 0.717) is 11.4 Å². The molecule has 0 aliphatic carbocycles. The maximum Gasteiger partial charge on any atom is 0.215 e. The van der Waals surface area contributed by atoms with E-state index in [1.54, 1.807) is 48.8 Å². The van der Waals surface area contributed by atoms with Crippen LogP contribution in [0.25, 0.3) is 0 Å². The first-order chi connectivity index (χ1) is 10.1. The van der Waals surface area contributed by atoms with Gasteiger partial charge in [-0.15, -0.1) is 0 Å². The average molecular weight is 307 g/mol. The quantitative estimate of drug-likeness (QED) is 0.749. The fraction of sp³-hybridized carbons (Fsp3) is 0.214. The number of aromatic nitrogens is 1. The Labute approximate surface area is 124 Å². The number of nitrogens with zero attached hydrogens (tertiary/aromatic N) is 1. The van der Waals surface area contributed by atoms with Crippen LogP contribution in [0.1, 0.15) is 5.56 Å². The average Bonchev–Trinajstić information content (AvgIpc) is 2.48. The number of nitrogen functional groups attached to an aromatic ring is 1. The molecule has 1 aromatic heterocycles. The largest absolute Gasteiger partial charge is 0.492 e. The molecule has 0 aliphatic rings. The molecule has 3 N–H and O–H groups in total. The lowest BCUT2D eigenvalue weighted by Crippen LogP contribution is -2.28. The highest BCUT2D eigenvalue weighted by Crippen LogP contribution is 2.12. The molecule has 0 fully saturated rings. The van der Waals surface area contributed by atoms with E-state index in [2.05, 4.69) is 9.71 Å². The number of pyridine rings is 1. The third-order valence-electron chi connectivity index (χ3n) is 2.75. The van der Waals surface area contributed by atoms with Crippen molar-refractivity contribution < 1.29 is 13.2 Å². The molecule has 21 heavy (non-hydrogen) atoms. The van der Waals surface area contributed by atoms with Crippen molar-refractivity contribution in [2.45, 2.75) is 6.54 Å². The first-order valence-electron chi connectivity index (χ1n) is 6.40. The Morgan fingerprint density at radius 1 is 1.10 bits per heavy atom. The van der Waals surface area contributed by atoms with E-state index in [0.717, 1.165) is 5.56 Å². The van der Waals surface area contributed by atoms with Crippen LogP contribution >= 0.6 is 0 Å². The van der Waals surface area contributed by atoms with Gasteiger partial charge in [0.2, 0.25) is 10.0 Å². The maximum absolute atomic E-state index is 11.8. The van der Waals surface area contributed by atoms with Crippen LogP contribution in [0.3, 0.4) is 0 Å². The summed E-state index contributed by atoms with van der Waals surface area (Å²) in [5.41, 5.74) is 7.04. The topological polar surface area (TPSA) is 94.3 Å². The van der Waals surface area contributed by atoms with E-state index in [4.69, 9.17) is 10.5 Å². The molecule has 112 valence electrons. The smallest absolute Gasteiger partial charge is 0.215 e. The number of rotatable bonds is 7. The molecule has 0 amide bonds. The predicted molar refractivity (Wildman–Crippen MR) is 81.2 cm³/mol. The molecule has 2 rings (SSSR count). The second kappa shape index (κ2) is 7.05. The zero-order valence-corrected chi connectivity index (χ0v) is 12.2. The number of nitrogens with two attached hydrogens (primary N) is 1. The molecule has 0 atom stereocenters. The summed E-state index contributed by atoms with van der Waals surface area (Å²) in [7, 11) is -3.38. The molecule has 0 saturated carbocycles. The van der Waals surface area contributed by atoms with Crippen LogP contribution in [0.2, 0.25) is 0 Å². The molecule has 7 heteroatoms. The molecule has 1 heterocycles. The van der Waals surface area contributed by atoms with Crippen LogP contribution in [0.5, 0.6) is 5.75 Å². The number of anilines is 1. The number of ether oxygens (including phenoxy) is 1. The Kier molecular flexibility index (Phi) is 5.13. The van der Waals surface area contributed by atoms with Crippen LogP contribution in [0, 0.1) is 0 Å². The highest BCUT2D eigenvalue weighted by Gasteiger charge is 2.10. The van der Waals surface area contributed by atoms with E-state index in [1.165, 1.54) is 0 Å². The number of hydrogen-bond acceptors (Lipinski definition) is 5. The molecule has 0 saturated heterocycles. The van der Waals surface area contributed by atoms with Crippen molar-refractivity contribution in [1.29, 1.82) is 0 Å². The second-order valence-corrected chi connectivity index (χ2v) is 6.34. The third-order valence-corrected chi connectivity index (χ3v) is 4.03. The normalized spacial score (nSPS) is 11.2. The molecule has 0 bridgehead atoms. The van der Waals surface area contributed by atoms with Crippen LogP contribution in [0.4, 0.5) is 5.69 Å². The van der Waals surface area contributed by atoms with Gasteiger partial charge in [-0.2, -0.15) is 0 Å². The van der Waals surface area contributed by atoms with E-state index < -0.39 is 10.0 Å². The van der Waals surface area contributed by atoms with Gasteiger partial charge in [0.1, 0.15) is 12.4 Å². The number of benzene rings is 1. The van der Waals surface area contributed by atoms with Crippen LogP contribution in [-0.4, -0.2) is 25.8 Å². The monoisotopic (exact) mass is 307 g/mol. The van der Waals surface area contributed by atoms with Gasteiger partial charge in [-0.05, 0) is 42.0 Å². The van der Waals surface area contributed by atoms with Crippen molar-refractivity contribution in [1.82, 2.24) is 9.71 Å². The van der Waals surface area contributed by atoms with Crippen LogP contribution < -0.4 is 15.2 Å². The van der Waals surface area contributed by atoms with Crippen molar-refractivity contribution >= 4 is 15.7 Å². The number of sulfonamides is 1. The summed E-state index contributed by atoms with van der Waals surface area (Å²) in [4.78, 5) is 3.87. The fourth-order valence-electron chi connectivity index (χ4n) is 1.60. The highest BCUT2D eigenvalue weighted by molar-refractivity contribution is 7.89. The lowest BCUT2D eigenvalue weighted by atomic mass is 10.3. The molecular formula is C14H17N3O3S. The van der Waals surface area contributed by atoms with Gasteiger partial charge in [0.05, 0.1) is 5.75 Å². The summed E-state index contributed by atoms with van der Waals surface area (Å²) in [5, 5.41) is 0. The highest BCUT2D eigenvalue weighted by atomic mass is 32.2. The third kappa shape index (κ3) is 5.41. The van der Waals surface area contributed by atoms with Crippen molar-refractivity contribution in [3.63, 3.8) is 0 Å². The molecule has 0 spiro atoms. The van der Waals surface area contributed by atoms with Gasteiger partial charge in [-0.25, -0.2) is 13.1 Å². The minimum absolute atomic E-state index is 0.0790. The number of hydrogen-bond donors (Lipinski definition) is 2.